The van der Waals surface area contributed by atoms with Crippen molar-refractivity contribution in [2.24, 2.45) is 0 Å². The second-order valence-corrected chi connectivity index (χ2v) is 19.3. The molecule has 0 aliphatic carbocycles. The average Bonchev–Trinajstić information content (AvgIpc) is 2.00. The van der Waals surface area contributed by atoms with Gasteiger partial charge in [-0.25, -0.2) is 0 Å². The number of hydrogen-bond acceptors (Lipinski definition) is 0. The van der Waals surface area contributed by atoms with E-state index in [0.29, 0.717) is 0 Å². The minimum atomic E-state index is -0.552. The van der Waals surface area contributed by atoms with E-state index in [9.17, 15) is 0 Å². The maximum absolute atomic E-state index is 2.41. The fourth-order valence-corrected chi connectivity index (χ4v) is 5.32. The molecule has 0 radical (unpaired) electrons. The second kappa shape index (κ2) is 5.99. The molecule has 0 nitrogen and oxygen atoms in total. The summed E-state index contributed by atoms with van der Waals surface area (Å²) in [4.78, 5) is 0. The summed E-state index contributed by atoms with van der Waals surface area (Å²) in [6.45, 7) is 7.13. The first kappa shape index (κ1) is 11.4. The second-order valence-electron chi connectivity index (χ2n) is 3.17. The predicted octanol–water partition coefficient (Wildman–Crippen LogP) is 3.32. The molecule has 0 fully saturated rings. The molecule has 0 bridgehead atoms. The van der Waals surface area contributed by atoms with E-state index in [2.05, 4.69) is 20.8 Å². The van der Waals surface area contributed by atoms with Crippen LogP contribution in [0.15, 0.2) is 0 Å². The fourth-order valence-electron chi connectivity index (χ4n) is 1.13. The zero-order chi connectivity index (χ0) is 8.04. The normalized spacial score (nSPS) is 11.8. The molecule has 0 saturated carbocycles. The Kier molecular flexibility index (Phi) is 6.83. The van der Waals surface area contributed by atoms with Crippen LogP contribution in [-0.4, -0.2) is 3.59 Å². The molecule has 10 heavy (non-hydrogen) atoms. The molecule has 0 amide bonds. The molecule has 2 heteroatoms. The van der Waals surface area contributed by atoms with Gasteiger partial charge in [-0.05, 0) is 0 Å². The SMILES string of the molecule is CCCC[Si]([La])(CC)CC. The minimum absolute atomic E-state index is 0.552. The van der Waals surface area contributed by atoms with Crippen LogP contribution in [0.1, 0.15) is 33.6 Å². The van der Waals surface area contributed by atoms with Crippen LogP contribution in [0.4, 0.5) is 0 Å². The van der Waals surface area contributed by atoms with Crippen molar-refractivity contribution in [1.82, 2.24) is 0 Å². The molecule has 0 aliphatic rings. The molecule has 0 atom stereocenters. The summed E-state index contributed by atoms with van der Waals surface area (Å²) < 4.78 is -0.552. The van der Waals surface area contributed by atoms with E-state index < -0.39 is 3.59 Å². The Morgan fingerprint density at radius 2 is 1.60 bits per heavy atom. The van der Waals surface area contributed by atoms with E-state index in [1.165, 1.54) is 45.6 Å². The van der Waals surface area contributed by atoms with Gasteiger partial charge in [0.15, 0.2) is 0 Å². The summed E-state index contributed by atoms with van der Waals surface area (Å²) in [6.07, 6.45) is 2.91. The fraction of sp³-hybridized carbons (Fsp3) is 1.00. The van der Waals surface area contributed by atoms with Gasteiger partial charge in [0, 0.05) is 0 Å². The number of rotatable bonds is 5. The Morgan fingerprint density at radius 3 is 1.90 bits per heavy atom. The van der Waals surface area contributed by atoms with Crippen molar-refractivity contribution in [3.8, 4) is 0 Å². The molecule has 0 spiro atoms. The molecular weight excluding hydrogens is 263 g/mol. The van der Waals surface area contributed by atoms with Gasteiger partial charge >= 0.3 is 88.0 Å². The monoisotopic (exact) mass is 282 g/mol. The molecule has 0 aliphatic heterocycles. The van der Waals surface area contributed by atoms with Crippen LogP contribution < -0.4 is 0 Å². The van der Waals surface area contributed by atoms with Crippen molar-refractivity contribution in [3.63, 3.8) is 0 Å². The van der Waals surface area contributed by atoms with Crippen LogP contribution in [0, 0.1) is 32.7 Å². The van der Waals surface area contributed by atoms with Crippen molar-refractivity contribution in [2.75, 3.05) is 0 Å². The quantitative estimate of drug-likeness (QED) is 0.679. The molecular formula is C8H19LaSi. The number of hydrogen-bond donors (Lipinski definition) is 0. The predicted molar refractivity (Wildman–Crippen MR) is 46.4 cm³/mol. The van der Waals surface area contributed by atoms with Gasteiger partial charge in [-0.15, -0.1) is 0 Å². The third kappa shape index (κ3) is 4.32. The van der Waals surface area contributed by atoms with Crippen LogP contribution in [0.5, 0.6) is 0 Å². The molecule has 0 aromatic heterocycles. The first-order chi connectivity index (χ1) is 4.68. The molecule has 0 N–H and O–H groups in total. The van der Waals surface area contributed by atoms with Crippen molar-refractivity contribution in [2.45, 2.75) is 51.7 Å². The summed E-state index contributed by atoms with van der Waals surface area (Å²) in [5, 5.41) is 0. The van der Waals surface area contributed by atoms with E-state index in [1.54, 1.807) is 18.1 Å². The summed E-state index contributed by atoms with van der Waals surface area (Å²) in [7, 11) is 0. The van der Waals surface area contributed by atoms with E-state index in [-0.39, 0.29) is 0 Å². The Hall–Kier alpha value is 1.41. The molecule has 0 saturated heterocycles. The third-order valence-corrected chi connectivity index (χ3v) is 17.0. The molecule has 0 rings (SSSR count). The first-order valence-electron chi connectivity index (χ1n) is 4.47. The Bertz CT molecular complexity index is 79.3. The molecule has 0 aromatic rings. The van der Waals surface area contributed by atoms with Gasteiger partial charge in [-0.1, -0.05) is 0 Å². The summed E-state index contributed by atoms with van der Waals surface area (Å²) >= 11 is 1.32. The van der Waals surface area contributed by atoms with Crippen LogP contribution in [0.25, 0.3) is 0 Å². The van der Waals surface area contributed by atoms with Gasteiger partial charge in [-0.2, -0.15) is 0 Å². The van der Waals surface area contributed by atoms with Gasteiger partial charge in [-0.3, -0.25) is 0 Å². The standard InChI is InChI=1S/C8H19Si.La/c1-4-7-8-9(5-2)6-3;/h4-8H2,1-3H3;. The van der Waals surface area contributed by atoms with E-state index in [4.69, 9.17) is 0 Å². The maximum atomic E-state index is 2.41. The van der Waals surface area contributed by atoms with E-state index >= 15 is 0 Å². The third-order valence-electron chi connectivity index (χ3n) is 2.44. The van der Waals surface area contributed by atoms with Crippen molar-refractivity contribution >= 4 is 3.59 Å². The van der Waals surface area contributed by atoms with Crippen LogP contribution in [0.2, 0.25) is 18.1 Å². The molecule has 0 heterocycles. The van der Waals surface area contributed by atoms with E-state index in [0.717, 1.165) is 0 Å². The van der Waals surface area contributed by atoms with Gasteiger partial charge in [0.1, 0.15) is 0 Å². The Morgan fingerprint density at radius 1 is 1.10 bits per heavy atom. The van der Waals surface area contributed by atoms with Crippen molar-refractivity contribution in [3.05, 3.63) is 0 Å². The topological polar surface area (TPSA) is 0 Å². The summed E-state index contributed by atoms with van der Waals surface area (Å²) in [6, 6.07) is 4.73. The number of unbranched alkanes of at least 4 members (excludes halogenated alkanes) is 1. The van der Waals surface area contributed by atoms with Crippen molar-refractivity contribution < 1.29 is 32.7 Å². The Balaban J connectivity index is 3.58. The zero-order valence-electron chi connectivity index (χ0n) is 7.61. The first-order valence-corrected chi connectivity index (χ1v) is 12.6. The van der Waals surface area contributed by atoms with Crippen LogP contribution in [0.3, 0.4) is 0 Å². The zero-order valence-corrected chi connectivity index (χ0v) is 12.2. The molecule has 58 valence electrons. The molecule has 0 aromatic carbocycles. The summed E-state index contributed by atoms with van der Waals surface area (Å²) in [5.41, 5.74) is 0. The van der Waals surface area contributed by atoms with Gasteiger partial charge in [0.05, 0.1) is 0 Å². The molecule has 0 unspecified atom stereocenters. The van der Waals surface area contributed by atoms with Gasteiger partial charge < -0.3 is 0 Å². The van der Waals surface area contributed by atoms with Crippen LogP contribution >= 0.6 is 0 Å². The van der Waals surface area contributed by atoms with Crippen LogP contribution in [-0.2, 0) is 0 Å². The van der Waals surface area contributed by atoms with Gasteiger partial charge in [0.2, 0.25) is 0 Å². The van der Waals surface area contributed by atoms with E-state index in [1.807, 2.05) is 0 Å². The average molecular weight is 282 g/mol. The van der Waals surface area contributed by atoms with Crippen molar-refractivity contribution in [1.29, 1.82) is 0 Å². The Labute approximate surface area is 87.3 Å². The van der Waals surface area contributed by atoms with Gasteiger partial charge in [0.25, 0.3) is 0 Å². The summed E-state index contributed by atoms with van der Waals surface area (Å²) in [5.74, 6) is 0.